The van der Waals surface area contributed by atoms with Gasteiger partial charge in [-0.2, -0.15) is 0 Å². The first-order chi connectivity index (χ1) is 7.66. The number of carbonyl (C=O) groups is 1. The molecule has 3 atom stereocenters. The lowest BCUT2D eigenvalue weighted by molar-refractivity contribution is -0.156. The maximum absolute atomic E-state index is 11.5. The topological polar surface area (TPSA) is 26.3 Å². The fraction of sp³-hybridized carbons (Fsp3) is 0.929. The first kappa shape index (κ1) is 11.9. The maximum Gasteiger partial charge on any atom is 0.308 e. The second kappa shape index (κ2) is 5.20. The van der Waals surface area contributed by atoms with E-state index in [-0.39, 0.29) is 18.0 Å². The number of carbonyl (C=O) groups excluding carboxylic acids is 1. The molecule has 2 rings (SSSR count). The summed E-state index contributed by atoms with van der Waals surface area (Å²) >= 11 is 0. The lowest BCUT2D eigenvalue weighted by atomic mass is 9.70. The first-order valence-electron chi connectivity index (χ1n) is 6.87. The van der Waals surface area contributed by atoms with Crippen molar-refractivity contribution >= 4 is 5.97 Å². The zero-order chi connectivity index (χ0) is 11.5. The summed E-state index contributed by atoms with van der Waals surface area (Å²) in [6.45, 7) is 3.82. The smallest absolute Gasteiger partial charge is 0.308 e. The van der Waals surface area contributed by atoms with E-state index in [4.69, 9.17) is 4.74 Å². The van der Waals surface area contributed by atoms with Crippen LogP contribution in [-0.2, 0) is 9.53 Å². The van der Waals surface area contributed by atoms with Gasteiger partial charge in [-0.15, -0.1) is 0 Å². The molecular formula is C14H24O2. The monoisotopic (exact) mass is 224 g/mol. The molecule has 2 heteroatoms. The molecule has 0 saturated heterocycles. The van der Waals surface area contributed by atoms with Crippen LogP contribution in [0.4, 0.5) is 0 Å². The van der Waals surface area contributed by atoms with Crippen LogP contribution in [0.1, 0.15) is 58.8 Å². The average molecular weight is 224 g/mol. The van der Waals surface area contributed by atoms with Gasteiger partial charge >= 0.3 is 5.97 Å². The van der Waals surface area contributed by atoms with E-state index < -0.39 is 0 Å². The molecule has 2 fully saturated rings. The second-order valence-electron chi connectivity index (χ2n) is 5.83. The van der Waals surface area contributed by atoms with Gasteiger partial charge in [-0.05, 0) is 31.1 Å². The summed E-state index contributed by atoms with van der Waals surface area (Å²) in [6.07, 6.45) is 9.29. The largest absolute Gasteiger partial charge is 0.462 e. The Kier molecular flexibility index (Phi) is 3.88. The SMILES string of the molecule is CC(C)C(=O)O[C@@H]1CC[C@@H]2CCCCC2C1. The van der Waals surface area contributed by atoms with Crippen molar-refractivity contribution in [2.45, 2.75) is 64.9 Å². The van der Waals surface area contributed by atoms with E-state index in [1.807, 2.05) is 13.8 Å². The number of fused-ring (bicyclic) bond motifs is 1. The standard InChI is InChI=1S/C14H24O2/c1-10(2)14(15)16-13-8-7-11-5-3-4-6-12(11)9-13/h10-13H,3-9H2,1-2H3/t11-,12?,13+/m0/s1. The van der Waals surface area contributed by atoms with E-state index >= 15 is 0 Å². The molecular weight excluding hydrogens is 200 g/mol. The van der Waals surface area contributed by atoms with Crippen molar-refractivity contribution in [3.05, 3.63) is 0 Å². The number of rotatable bonds is 2. The highest BCUT2D eigenvalue weighted by molar-refractivity contribution is 5.71. The van der Waals surface area contributed by atoms with Crippen molar-refractivity contribution in [2.24, 2.45) is 17.8 Å². The Morgan fingerprint density at radius 1 is 1.06 bits per heavy atom. The third kappa shape index (κ3) is 2.78. The van der Waals surface area contributed by atoms with E-state index in [9.17, 15) is 4.79 Å². The van der Waals surface area contributed by atoms with E-state index in [0.29, 0.717) is 0 Å². The predicted octanol–water partition coefficient (Wildman–Crippen LogP) is 3.54. The molecule has 0 heterocycles. The molecule has 0 aromatic rings. The summed E-state index contributed by atoms with van der Waals surface area (Å²) in [5.41, 5.74) is 0. The summed E-state index contributed by atoms with van der Waals surface area (Å²) in [7, 11) is 0. The Balaban J connectivity index is 1.83. The number of esters is 1. The number of ether oxygens (including phenoxy) is 1. The fourth-order valence-electron chi connectivity index (χ4n) is 3.24. The summed E-state index contributed by atoms with van der Waals surface area (Å²) in [5.74, 6) is 1.78. The minimum atomic E-state index is -0.0146. The highest BCUT2D eigenvalue weighted by atomic mass is 16.5. The Morgan fingerprint density at radius 2 is 1.75 bits per heavy atom. The molecule has 0 spiro atoms. The molecule has 2 saturated carbocycles. The van der Waals surface area contributed by atoms with Gasteiger partial charge in [0.15, 0.2) is 0 Å². The van der Waals surface area contributed by atoms with Crippen LogP contribution in [0.15, 0.2) is 0 Å². The second-order valence-corrected chi connectivity index (χ2v) is 5.83. The van der Waals surface area contributed by atoms with Crippen LogP contribution < -0.4 is 0 Å². The molecule has 0 N–H and O–H groups in total. The van der Waals surface area contributed by atoms with Crippen LogP contribution in [0.2, 0.25) is 0 Å². The van der Waals surface area contributed by atoms with Gasteiger partial charge in [0.05, 0.1) is 5.92 Å². The van der Waals surface area contributed by atoms with Gasteiger partial charge in [-0.1, -0.05) is 39.5 Å². The molecule has 1 unspecified atom stereocenters. The highest BCUT2D eigenvalue weighted by Gasteiger charge is 2.33. The van der Waals surface area contributed by atoms with Crippen LogP contribution in [0.25, 0.3) is 0 Å². The van der Waals surface area contributed by atoms with Gasteiger partial charge in [0.2, 0.25) is 0 Å². The molecule has 0 aromatic carbocycles. The molecule has 0 radical (unpaired) electrons. The fourth-order valence-corrected chi connectivity index (χ4v) is 3.24. The Morgan fingerprint density at radius 3 is 2.44 bits per heavy atom. The zero-order valence-corrected chi connectivity index (χ0v) is 10.6. The lowest BCUT2D eigenvalue weighted by Crippen LogP contribution is -2.33. The molecule has 92 valence electrons. The quantitative estimate of drug-likeness (QED) is 0.671. The van der Waals surface area contributed by atoms with Crippen molar-refractivity contribution < 1.29 is 9.53 Å². The first-order valence-corrected chi connectivity index (χ1v) is 6.87. The number of hydrogen-bond donors (Lipinski definition) is 0. The molecule has 2 nitrogen and oxygen atoms in total. The summed E-state index contributed by atoms with van der Waals surface area (Å²) in [4.78, 5) is 11.5. The van der Waals surface area contributed by atoms with E-state index in [1.165, 1.54) is 32.1 Å². The van der Waals surface area contributed by atoms with Gasteiger partial charge in [0, 0.05) is 0 Å². The average Bonchev–Trinajstić information content (AvgIpc) is 2.28. The van der Waals surface area contributed by atoms with Crippen LogP contribution in [0, 0.1) is 17.8 Å². The maximum atomic E-state index is 11.5. The molecule has 0 aromatic heterocycles. The molecule has 16 heavy (non-hydrogen) atoms. The molecule has 0 bridgehead atoms. The third-order valence-corrected chi connectivity index (χ3v) is 4.25. The highest BCUT2D eigenvalue weighted by Crippen LogP contribution is 2.41. The molecule has 2 aliphatic carbocycles. The van der Waals surface area contributed by atoms with Gasteiger partial charge in [-0.25, -0.2) is 0 Å². The zero-order valence-electron chi connectivity index (χ0n) is 10.6. The van der Waals surface area contributed by atoms with Crippen LogP contribution in [0.5, 0.6) is 0 Å². The van der Waals surface area contributed by atoms with Gasteiger partial charge in [-0.3, -0.25) is 4.79 Å². The van der Waals surface area contributed by atoms with Crippen molar-refractivity contribution in [3.63, 3.8) is 0 Å². The van der Waals surface area contributed by atoms with Crippen molar-refractivity contribution in [2.75, 3.05) is 0 Å². The molecule has 2 aliphatic rings. The van der Waals surface area contributed by atoms with Gasteiger partial charge in [0.1, 0.15) is 6.10 Å². The van der Waals surface area contributed by atoms with E-state index in [2.05, 4.69) is 0 Å². The Labute approximate surface area is 98.7 Å². The lowest BCUT2D eigenvalue weighted by Gasteiger charge is -2.39. The van der Waals surface area contributed by atoms with Gasteiger partial charge in [0.25, 0.3) is 0 Å². The molecule has 0 aliphatic heterocycles. The van der Waals surface area contributed by atoms with Crippen LogP contribution in [0.3, 0.4) is 0 Å². The van der Waals surface area contributed by atoms with E-state index in [1.54, 1.807) is 0 Å². The minimum absolute atomic E-state index is 0.0146. The Hall–Kier alpha value is -0.530. The number of hydrogen-bond acceptors (Lipinski definition) is 2. The minimum Gasteiger partial charge on any atom is -0.462 e. The van der Waals surface area contributed by atoms with Crippen LogP contribution >= 0.6 is 0 Å². The summed E-state index contributed by atoms with van der Waals surface area (Å²) in [5, 5.41) is 0. The van der Waals surface area contributed by atoms with Crippen molar-refractivity contribution in [1.29, 1.82) is 0 Å². The van der Waals surface area contributed by atoms with Crippen molar-refractivity contribution in [3.8, 4) is 0 Å². The molecule has 0 amide bonds. The van der Waals surface area contributed by atoms with Crippen molar-refractivity contribution in [1.82, 2.24) is 0 Å². The summed E-state index contributed by atoms with van der Waals surface area (Å²) in [6, 6.07) is 0. The normalized spacial score (nSPS) is 34.6. The van der Waals surface area contributed by atoms with E-state index in [0.717, 1.165) is 24.7 Å². The Bertz CT molecular complexity index is 247. The summed E-state index contributed by atoms with van der Waals surface area (Å²) < 4.78 is 5.56. The van der Waals surface area contributed by atoms with Crippen LogP contribution in [-0.4, -0.2) is 12.1 Å². The third-order valence-electron chi connectivity index (χ3n) is 4.25. The van der Waals surface area contributed by atoms with Gasteiger partial charge < -0.3 is 4.74 Å². The predicted molar refractivity (Wildman–Crippen MR) is 64.0 cm³/mol.